The van der Waals surface area contributed by atoms with E-state index in [1.807, 2.05) is 6.92 Å². The molecule has 0 saturated carbocycles. The lowest BCUT2D eigenvalue weighted by molar-refractivity contribution is 0.0338. The molecule has 0 atom stereocenters. The Morgan fingerprint density at radius 2 is 1.87 bits per heavy atom. The topological polar surface area (TPSA) is 104 Å². The van der Waals surface area contributed by atoms with Crippen LogP contribution in [0.4, 0.5) is 5.82 Å². The smallest absolute Gasteiger partial charge is 0.342 e. The molecule has 0 aliphatic carbocycles. The van der Waals surface area contributed by atoms with Gasteiger partial charge in [0.1, 0.15) is 18.0 Å². The van der Waals surface area contributed by atoms with Crippen LogP contribution in [0.25, 0.3) is 10.9 Å². The van der Waals surface area contributed by atoms with Crippen LogP contribution in [0.1, 0.15) is 34.6 Å². The quantitative estimate of drug-likeness (QED) is 0.598. The van der Waals surface area contributed by atoms with Gasteiger partial charge < -0.3 is 24.9 Å². The van der Waals surface area contributed by atoms with Crippen LogP contribution in [0, 0.1) is 0 Å². The second-order valence-corrected chi connectivity index (χ2v) is 4.73. The van der Waals surface area contributed by atoms with E-state index in [4.69, 9.17) is 19.9 Å². The second kappa shape index (κ2) is 7.64. The van der Waals surface area contributed by atoms with Crippen LogP contribution in [0.3, 0.4) is 0 Å². The van der Waals surface area contributed by atoms with Crippen molar-refractivity contribution < 1.29 is 23.8 Å². The summed E-state index contributed by atoms with van der Waals surface area (Å²) in [7, 11) is 0. The summed E-state index contributed by atoms with van der Waals surface area (Å²) < 4.78 is 15.2. The van der Waals surface area contributed by atoms with E-state index in [0.717, 1.165) is 0 Å². The van der Waals surface area contributed by atoms with Crippen molar-refractivity contribution in [1.29, 1.82) is 0 Å². The zero-order chi connectivity index (χ0) is 16.8. The number of hydrogen-bond acceptors (Lipinski definition) is 6. The molecule has 0 radical (unpaired) electrons. The minimum atomic E-state index is -0.561. The number of H-pyrrole nitrogens is 1. The van der Waals surface area contributed by atoms with E-state index in [9.17, 15) is 9.59 Å². The molecule has 7 nitrogen and oxygen atoms in total. The van der Waals surface area contributed by atoms with Crippen molar-refractivity contribution in [2.75, 3.05) is 32.2 Å². The summed E-state index contributed by atoms with van der Waals surface area (Å²) in [5, 5.41) is 0.523. The van der Waals surface area contributed by atoms with Gasteiger partial charge in [-0.15, -0.1) is 0 Å². The maximum atomic E-state index is 12.2. The number of nitrogen functional groups attached to an aromatic ring is 1. The average Bonchev–Trinajstić information content (AvgIpc) is 2.86. The van der Waals surface area contributed by atoms with Crippen LogP contribution < -0.4 is 5.73 Å². The maximum Gasteiger partial charge on any atom is 0.342 e. The van der Waals surface area contributed by atoms with Crippen LogP contribution in [0.5, 0.6) is 0 Å². The number of rotatable bonds is 7. The van der Waals surface area contributed by atoms with Crippen LogP contribution >= 0.6 is 0 Å². The number of hydrogen-bond donors (Lipinski definition) is 2. The molecule has 0 spiro atoms. The Morgan fingerprint density at radius 3 is 2.57 bits per heavy atom. The van der Waals surface area contributed by atoms with Crippen LogP contribution in [-0.4, -0.2) is 43.4 Å². The van der Waals surface area contributed by atoms with E-state index >= 15 is 0 Å². The molecule has 0 amide bonds. The van der Waals surface area contributed by atoms with Gasteiger partial charge in [0.15, 0.2) is 0 Å². The second-order valence-electron chi connectivity index (χ2n) is 4.73. The first-order valence-electron chi connectivity index (χ1n) is 7.41. The number of anilines is 1. The molecule has 0 bridgehead atoms. The third-order valence-corrected chi connectivity index (χ3v) is 3.21. The van der Waals surface area contributed by atoms with Crippen molar-refractivity contribution in [2.24, 2.45) is 0 Å². The Morgan fingerprint density at radius 1 is 1.09 bits per heavy atom. The van der Waals surface area contributed by atoms with Crippen molar-refractivity contribution in [2.45, 2.75) is 13.8 Å². The number of nitrogens with two attached hydrogens (primary N) is 1. The highest BCUT2D eigenvalue weighted by Crippen LogP contribution is 2.26. The van der Waals surface area contributed by atoms with Gasteiger partial charge in [-0.1, -0.05) is 0 Å². The van der Waals surface area contributed by atoms with Gasteiger partial charge in [0.05, 0.1) is 18.8 Å². The van der Waals surface area contributed by atoms with Gasteiger partial charge in [-0.05, 0) is 32.0 Å². The van der Waals surface area contributed by atoms with Crippen LogP contribution in [0.2, 0.25) is 0 Å². The number of ether oxygens (including phenoxy) is 3. The fourth-order valence-corrected chi connectivity index (χ4v) is 2.18. The van der Waals surface area contributed by atoms with Crippen molar-refractivity contribution in [3.8, 4) is 0 Å². The van der Waals surface area contributed by atoms with Crippen LogP contribution in [-0.2, 0) is 14.2 Å². The van der Waals surface area contributed by atoms with Crippen molar-refractivity contribution in [3.05, 3.63) is 29.3 Å². The first-order valence-corrected chi connectivity index (χ1v) is 7.41. The predicted octanol–water partition coefficient (Wildman–Crippen LogP) is 2.12. The minimum Gasteiger partial charge on any atom is -0.462 e. The zero-order valence-electron chi connectivity index (χ0n) is 13.2. The van der Waals surface area contributed by atoms with Gasteiger partial charge in [-0.3, -0.25) is 0 Å². The van der Waals surface area contributed by atoms with E-state index in [1.54, 1.807) is 25.1 Å². The molecule has 1 heterocycles. The van der Waals surface area contributed by atoms with Crippen molar-refractivity contribution in [3.63, 3.8) is 0 Å². The first-order chi connectivity index (χ1) is 11.1. The number of esters is 2. The van der Waals surface area contributed by atoms with E-state index in [-0.39, 0.29) is 24.6 Å². The molecule has 0 aliphatic rings. The SMILES string of the molecule is CCOCCOC(=O)c1c(N)[nH]c2ccc(C(=O)OCC)cc12. The Hall–Kier alpha value is -2.54. The third-order valence-electron chi connectivity index (χ3n) is 3.21. The molecule has 0 fully saturated rings. The minimum absolute atomic E-state index is 0.135. The molecule has 3 N–H and O–H groups in total. The summed E-state index contributed by atoms with van der Waals surface area (Å²) in [6.07, 6.45) is 0. The van der Waals surface area contributed by atoms with Gasteiger partial charge in [0.25, 0.3) is 0 Å². The molecular weight excluding hydrogens is 300 g/mol. The number of aromatic nitrogens is 1. The molecule has 124 valence electrons. The zero-order valence-corrected chi connectivity index (χ0v) is 13.2. The number of aromatic amines is 1. The lowest BCUT2D eigenvalue weighted by Gasteiger charge is -2.05. The van der Waals surface area contributed by atoms with E-state index < -0.39 is 11.9 Å². The summed E-state index contributed by atoms with van der Waals surface area (Å²) in [6.45, 7) is 4.87. The summed E-state index contributed by atoms with van der Waals surface area (Å²) in [5.74, 6) is -0.818. The first kappa shape index (κ1) is 16.8. The van der Waals surface area contributed by atoms with Crippen molar-refractivity contribution >= 4 is 28.7 Å². The molecule has 0 unspecified atom stereocenters. The standard InChI is InChI=1S/C16H20N2O5/c1-3-21-7-8-23-16(20)13-11-9-10(15(19)22-4-2)5-6-12(11)18-14(13)17/h5-6,9,18H,3-4,7-8,17H2,1-2H3. The van der Waals surface area contributed by atoms with Gasteiger partial charge in [0, 0.05) is 17.5 Å². The molecule has 1 aromatic carbocycles. The Kier molecular flexibility index (Phi) is 5.59. The number of carbonyl (C=O) groups is 2. The Labute approximate surface area is 133 Å². The fraction of sp³-hybridized carbons (Fsp3) is 0.375. The van der Waals surface area contributed by atoms with Gasteiger partial charge in [-0.25, -0.2) is 9.59 Å². The molecular formula is C16H20N2O5. The highest BCUT2D eigenvalue weighted by Gasteiger charge is 2.20. The molecule has 23 heavy (non-hydrogen) atoms. The fourth-order valence-electron chi connectivity index (χ4n) is 2.18. The van der Waals surface area contributed by atoms with E-state index in [2.05, 4.69) is 4.98 Å². The molecule has 1 aromatic heterocycles. The number of nitrogens with one attached hydrogen (secondary N) is 1. The average molecular weight is 320 g/mol. The van der Waals surface area contributed by atoms with E-state index in [1.165, 1.54) is 0 Å². The summed E-state index contributed by atoms with van der Waals surface area (Å²) in [6, 6.07) is 4.86. The lowest BCUT2D eigenvalue weighted by atomic mass is 10.1. The van der Waals surface area contributed by atoms with Gasteiger partial charge in [0.2, 0.25) is 0 Å². The normalized spacial score (nSPS) is 10.7. The number of carbonyl (C=O) groups excluding carboxylic acids is 2. The third kappa shape index (κ3) is 3.81. The van der Waals surface area contributed by atoms with Crippen LogP contribution in [0.15, 0.2) is 18.2 Å². The highest BCUT2D eigenvalue weighted by atomic mass is 16.6. The summed E-state index contributed by atoms with van der Waals surface area (Å²) in [4.78, 5) is 26.9. The maximum absolute atomic E-state index is 12.2. The van der Waals surface area contributed by atoms with E-state index in [0.29, 0.717) is 29.7 Å². The van der Waals surface area contributed by atoms with Gasteiger partial charge in [-0.2, -0.15) is 0 Å². The summed E-state index contributed by atoms with van der Waals surface area (Å²) >= 11 is 0. The molecule has 0 saturated heterocycles. The number of benzene rings is 1. The largest absolute Gasteiger partial charge is 0.462 e. The molecule has 2 aromatic rings. The Balaban J connectivity index is 2.27. The molecule has 2 rings (SSSR count). The molecule has 7 heteroatoms. The Bertz CT molecular complexity index is 708. The number of fused-ring (bicyclic) bond motifs is 1. The lowest BCUT2D eigenvalue weighted by Crippen LogP contribution is -2.12. The monoisotopic (exact) mass is 320 g/mol. The predicted molar refractivity (Wildman–Crippen MR) is 85.4 cm³/mol. The highest BCUT2D eigenvalue weighted by molar-refractivity contribution is 6.10. The molecule has 0 aliphatic heterocycles. The van der Waals surface area contributed by atoms with Crippen molar-refractivity contribution in [1.82, 2.24) is 4.98 Å². The summed E-state index contributed by atoms with van der Waals surface area (Å²) in [5.41, 5.74) is 7.07. The van der Waals surface area contributed by atoms with Gasteiger partial charge >= 0.3 is 11.9 Å².